The Morgan fingerprint density at radius 1 is 1.11 bits per heavy atom. The Balaban J connectivity index is -0.000000266. The van der Waals surface area contributed by atoms with Gasteiger partial charge in [-0.3, -0.25) is 0 Å². The van der Waals surface area contributed by atoms with Gasteiger partial charge in [0.15, 0.2) is 0 Å². The molecule has 27 heavy (non-hydrogen) atoms. The van der Waals surface area contributed by atoms with E-state index in [-0.39, 0.29) is 17.1 Å². The summed E-state index contributed by atoms with van der Waals surface area (Å²) >= 11 is 0. The average Bonchev–Trinajstić information content (AvgIpc) is 2.58. The molecule has 2 amide bonds. The molecule has 1 rings (SSSR count). The van der Waals surface area contributed by atoms with E-state index in [4.69, 9.17) is 20.9 Å². The van der Waals surface area contributed by atoms with Crippen LogP contribution in [0.5, 0.6) is 0 Å². The van der Waals surface area contributed by atoms with Gasteiger partial charge in [-0.25, -0.2) is 9.59 Å². The number of ether oxygens (including phenoxy) is 3. The summed E-state index contributed by atoms with van der Waals surface area (Å²) in [5.74, 6) is 0. The molecule has 0 unspecified atom stereocenters. The van der Waals surface area contributed by atoms with E-state index in [0.29, 0.717) is 19.8 Å². The number of carbonyl (C=O) groups is 2. The topological polar surface area (TPSA) is 126 Å². The highest BCUT2D eigenvalue weighted by Crippen LogP contribution is 2.05. The Morgan fingerprint density at radius 3 is 2.30 bits per heavy atom. The summed E-state index contributed by atoms with van der Waals surface area (Å²) in [5, 5.41) is 2.72. The van der Waals surface area contributed by atoms with Crippen molar-refractivity contribution in [3.63, 3.8) is 0 Å². The zero-order valence-corrected chi connectivity index (χ0v) is 16.5. The van der Waals surface area contributed by atoms with Gasteiger partial charge in [0.05, 0.1) is 6.73 Å². The third-order valence-corrected chi connectivity index (χ3v) is 2.97. The molecule has 0 spiro atoms. The molecular formula is C19H39N3O5. The average molecular weight is 390 g/mol. The summed E-state index contributed by atoms with van der Waals surface area (Å²) in [5.41, 5.74) is 10.4. The fraction of sp³-hybridized carbons (Fsp3) is 0.579. The number of hydrogen-bond acceptors (Lipinski definition) is 6. The molecule has 0 heterocycles. The van der Waals surface area contributed by atoms with Crippen LogP contribution in [0.25, 0.3) is 0 Å². The molecule has 8 heteroatoms. The minimum absolute atomic E-state index is 0. The van der Waals surface area contributed by atoms with Crippen molar-refractivity contribution in [2.24, 2.45) is 11.5 Å². The first-order valence-corrected chi connectivity index (χ1v) is 8.95. The zero-order chi connectivity index (χ0) is 20.5. The first-order chi connectivity index (χ1) is 12.7. The lowest BCUT2D eigenvalue weighted by molar-refractivity contribution is 0.0600. The highest BCUT2D eigenvalue weighted by atomic mass is 16.6. The van der Waals surface area contributed by atoms with Crippen LogP contribution in [0.3, 0.4) is 0 Å². The molecule has 0 aliphatic rings. The first-order valence-electron chi connectivity index (χ1n) is 8.95. The maximum absolute atomic E-state index is 11.4. The van der Waals surface area contributed by atoms with Crippen molar-refractivity contribution in [2.45, 2.75) is 52.2 Å². The normalized spacial score (nSPS) is 10.4. The number of alkyl carbamates (subject to hydrolysis) is 1. The molecule has 0 saturated carbocycles. The lowest BCUT2D eigenvalue weighted by Crippen LogP contribution is -2.27. The summed E-state index contributed by atoms with van der Waals surface area (Å²) in [6.07, 6.45) is 1.77. The molecule has 160 valence electrons. The van der Waals surface area contributed by atoms with Crippen LogP contribution in [0.15, 0.2) is 30.3 Å². The van der Waals surface area contributed by atoms with Gasteiger partial charge >= 0.3 is 12.2 Å². The summed E-state index contributed by atoms with van der Waals surface area (Å²) in [6, 6.07) is 9.60. The Kier molecular flexibility index (Phi) is 13.5. The molecule has 0 aliphatic heterocycles. The third kappa shape index (κ3) is 18.3. The highest BCUT2D eigenvalue weighted by Gasteiger charge is 2.12. The number of nitrogens with two attached hydrogens (primary N) is 2. The predicted molar refractivity (Wildman–Crippen MR) is 110 cm³/mol. The molecule has 0 aliphatic carbocycles. The van der Waals surface area contributed by atoms with Crippen molar-refractivity contribution in [3.8, 4) is 0 Å². The second-order valence-corrected chi connectivity index (χ2v) is 6.66. The van der Waals surface area contributed by atoms with Gasteiger partial charge in [-0.2, -0.15) is 0 Å². The molecule has 0 bridgehead atoms. The molecule has 0 saturated heterocycles. The molecule has 8 nitrogen and oxygen atoms in total. The fourth-order valence-corrected chi connectivity index (χ4v) is 1.86. The van der Waals surface area contributed by atoms with Crippen molar-refractivity contribution < 1.29 is 28.1 Å². The van der Waals surface area contributed by atoms with Crippen LogP contribution >= 0.6 is 0 Å². The van der Waals surface area contributed by atoms with Crippen LogP contribution in [-0.2, 0) is 20.8 Å². The number of amides is 2. The number of benzene rings is 1. The van der Waals surface area contributed by atoms with Crippen LogP contribution in [-0.4, -0.2) is 37.7 Å². The van der Waals surface area contributed by atoms with Crippen molar-refractivity contribution in [3.05, 3.63) is 35.9 Å². The number of nitrogens with one attached hydrogen (secondary N) is 1. The lowest BCUT2D eigenvalue weighted by Gasteiger charge is -2.16. The van der Waals surface area contributed by atoms with E-state index in [1.165, 1.54) is 0 Å². The summed E-state index contributed by atoms with van der Waals surface area (Å²) in [6.45, 7) is 7.15. The first kappa shape index (κ1) is 24.7. The molecular weight excluding hydrogens is 350 g/mol. The second kappa shape index (κ2) is 14.8. The van der Waals surface area contributed by atoms with Crippen molar-refractivity contribution in [2.75, 3.05) is 19.9 Å². The minimum Gasteiger partial charge on any atom is -0.445 e. The second-order valence-electron chi connectivity index (χ2n) is 6.66. The maximum atomic E-state index is 11.4. The largest absolute Gasteiger partial charge is 0.445 e. The molecule has 5 N–H and O–H groups in total. The van der Waals surface area contributed by atoms with E-state index in [9.17, 15) is 9.59 Å². The van der Waals surface area contributed by atoms with Crippen LogP contribution in [0.1, 0.15) is 49.9 Å². The van der Waals surface area contributed by atoms with Crippen LogP contribution in [0.4, 0.5) is 9.59 Å². The van der Waals surface area contributed by atoms with E-state index in [1.807, 2.05) is 30.3 Å². The number of rotatable bonds is 9. The number of carbonyl (C=O) groups excluding carboxylic acids is 2. The molecule has 0 fully saturated rings. The Bertz CT molecular complexity index is 532. The quantitative estimate of drug-likeness (QED) is 0.437. The van der Waals surface area contributed by atoms with E-state index in [0.717, 1.165) is 24.8 Å². The minimum atomic E-state index is -0.725. The maximum Gasteiger partial charge on any atom is 0.407 e. The Hall–Kier alpha value is -2.32. The van der Waals surface area contributed by atoms with Crippen LogP contribution < -0.4 is 16.8 Å². The van der Waals surface area contributed by atoms with Gasteiger partial charge in [-0.05, 0) is 45.6 Å². The van der Waals surface area contributed by atoms with E-state index < -0.39 is 11.7 Å². The van der Waals surface area contributed by atoms with Gasteiger partial charge in [0, 0.05) is 17.4 Å². The summed E-state index contributed by atoms with van der Waals surface area (Å²) < 4.78 is 14.7. The van der Waals surface area contributed by atoms with E-state index >= 15 is 0 Å². The third-order valence-electron chi connectivity index (χ3n) is 2.97. The fourth-order valence-electron chi connectivity index (χ4n) is 1.86. The number of primary amides is 1. The number of unbranched alkanes of at least 4 members (excludes halogenated alkanes) is 2. The molecule has 0 atom stereocenters. The van der Waals surface area contributed by atoms with Gasteiger partial charge < -0.3 is 31.0 Å². The highest BCUT2D eigenvalue weighted by molar-refractivity contribution is 5.67. The van der Waals surface area contributed by atoms with Gasteiger partial charge in [0.2, 0.25) is 0 Å². The van der Waals surface area contributed by atoms with Gasteiger partial charge in [0.1, 0.15) is 12.2 Å². The van der Waals surface area contributed by atoms with Gasteiger partial charge in [0.25, 0.3) is 0 Å². The number of hydrogen-bond donors (Lipinski definition) is 3. The van der Waals surface area contributed by atoms with Gasteiger partial charge in [-0.15, -0.1) is 0 Å². The van der Waals surface area contributed by atoms with Crippen molar-refractivity contribution >= 4 is 12.2 Å². The standard InChI is InChI=1S/C14H22N2O3.C5H11NO2.3H2/c15-12-18-10-6-2-5-9-16-14(17)19-11-13-7-3-1-4-8-13;1-5(2,3)8-4(6)7;;;/h1,3-4,7-8H,2,5-6,9-12,15H2,(H,16,17);1-3H3,(H2,6,7);3*1H. The molecule has 1 aromatic carbocycles. The summed E-state index contributed by atoms with van der Waals surface area (Å²) in [7, 11) is 0. The smallest absolute Gasteiger partial charge is 0.407 e. The SMILES string of the molecule is CC(C)(C)OC(N)=O.NCOCCCCCNC(=O)OCc1ccccc1.[HH].[HH].[HH]. The van der Waals surface area contributed by atoms with Gasteiger partial charge in [-0.1, -0.05) is 30.3 Å². The van der Waals surface area contributed by atoms with Crippen LogP contribution in [0.2, 0.25) is 0 Å². The molecule has 0 radical (unpaired) electrons. The van der Waals surface area contributed by atoms with Crippen molar-refractivity contribution in [1.29, 1.82) is 0 Å². The van der Waals surface area contributed by atoms with E-state index in [2.05, 4.69) is 10.1 Å². The lowest BCUT2D eigenvalue weighted by atomic mass is 10.2. The van der Waals surface area contributed by atoms with Crippen LogP contribution in [0, 0.1) is 0 Å². The zero-order valence-electron chi connectivity index (χ0n) is 16.5. The van der Waals surface area contributed by atoms with Crippen molar-refractivity contribution in [1.82, 2.24) is 5.32 Å². The predicted octanol–water partition coefficient (Wildman–Crippen LogP) is 3.63. The molecule has 0 aromatic heterocycles. The Morgan fingerprint density at radius 2 is 1.78 bits per heavy atom. The molecule has 1 aromatic rings. The Labute approximate surface area is 166 Å². The van der Waals surface area contributed by atoms with E-state index in [1.54, 1.807) is 20.8 Å². The summed E-state index contributed by atoms with van der Waals surface area (Å²) in [4.78, 5) is 21.4. The monoisotopic (exact) mass is 389 g/mol.